The van der Waals surface area contributed by atoms with Crippen molar-refractivity contribution in [2.24, 2.45) is 5.41 Å². The third-order valence-electron chi connectivity index (χ3n) is 5.35. The third kappa shape index (κ3) is 1.51. The molecule has 18 heavy (non-hydrogen) atoms. The zero-order valence-corrected chi connectivity index (χ0v) is 12.9. The Balaban J connectivity index is 2.77. The molecule has 100 valence electrons. The normalized spacial score (nSPS) is 23.1. The van der Waals surface area contributed by atoms with E-state index in [9.17, 15) is 0 Å². The summed E-state index contributed by atoms with van der Waals surface area (Å²) in [4.78, 5) is 4.62. The third-order valence-corrected chi connectivity index (χ3v) is 5.35. The Morgan fingerprint density at radius 2 is 1.56 bits per heavy atom. The minimum absolute atomic E-state index is 0.0364. The molecule has 2 heterocycles. The lowest BCUT2D eigenvalue weighted by atomic mass is 9.55. The summed E-state index contributed by atoms with van der Waals surface area (Å²) in [5.41, 5.74) is 3.27. The molecule has 0 fully saturated rings. The van der Waals surface area contributed by atoms with Gasteiger partial charge in [0.1, 0.15) is 11.4 Å². The molecule has 1 aliphatic rings. The Hall–Kier alpha value is -1.05. The number of aryl methyl sites for hydroxylation is 2. The maximum absolute atomic E-state index is 6.29. The summed E-state index contributed by atoms with van der Waals surface area (Å²) in [6.07, 6.45) is 0. The first-order chi connectivity index (χ1) is 8.00. The molecule has 0 N–H and O–H groups in total. The molecule has 1 aliphatic heterocycles. The first-order valence-corrected chi connectivity index (χ1v) is 6.68. The van der Waals surface area contributed by atoms with Crippen molar-refractivity contribution in [2.75, 3.05) is 0 Å². The topological polar surface area (TPSA) is 22.1 Å². The van der Waals surface area contributed by atoms with Crippen LogP contribution in [-0.2, 0) is 5.41 Å². The number of fused-ring (bicyclic) bond motifs is 1. The highest BCUT2D eigenvalue weighted by molar-refractivity contribution is 5.47. The highest BCUT2D eigenvalue weighted by Crippen LogP contribution is 2.56. The minimum Gasteiger partial charge on any atom is -0.487 e. The van der Waals surface area contributed by atoms with E-state index in [1.54, 1.807) is 0 Å². The van der Waals surface area contributed by atoms with Gasteiger partial charge in [0, 0.05) is 33.8 Å². The fourth-order valence-corrected chi connectivity index (χ4v) is 3.10. The van der Waals surface area contributed by atoms with Crippen LogP contribution >= 0.6 is 0 Å². The van der Waals surface area contributed by atoms with Crippen LogP contribution in [-0.4, -0.2) is 10.6 Å². The summed E-state index contributed by atoms with van der Waals surface area (Å²) in [6.45, 7) is 17.7. The van der Waals surface area contributed by atoms with Crippen LogP contribution in [0, 0.1) is 19.3 Å². The van der Waals surface area contributed by atoms with Crippen molar-refractivity contribution in [1.29, 1.82) is 0 Å². The van der Waals surface area contributed by atoms with Gasteiger partial charge in [-0.15, -0.1) is 0 Å². The maximum atomic E-state index is 6.29. The van der Waals surface area contributed by atoms with Crippen LogP contribution in [0.25, 0.3) is 0 Å². The highest BCUT2D eigenvalue weighted by Gasteiger charge is 2.55. The zero-order valence-electron chi connectivity index (χ0n) is 12.9. The van der Waals surface area contributed by atoms with E-state index < -0.39 is 0 Å². The van der Waals surface area contributed by atoms with Crippen molar-refractivity contribution < 1.29 is 4.74 Å². The average Bonchev–Trinajstić information content (AvgIpc) is 2.12. The first-order valence-electron chi connectivity index (χ1n) is 6.68. The first kappa shape index (κ1) is 13.4. The number of aromatic nitrogens is 1. The van der Waals surface area contributed by atoms with Crippen LogP contribution in [0.5, 0.6) is 5.75 Å². The van der Waals surface area contributed by atoms with E-state index in [1.165, 1.54) is 5.56 Å². The molecule has 2 heteroatoms. The standard InChI is InChI=1S/C16H25NO/c1-10-9-12-13(11(2)17-10)14(3,4)15(5,6)16(7,8)18-12/h9H,1-8H3. The minimum atomic E-state index is -0.191. The monoisotopic (exact) mass is 247 g/mol. The molecule has 2 rings (SSSR count). The molecule has 0 radical (unpaired) electrons. The number of hydrogen-bond donors (Lipinski definition) is 0. The maximum Gasteiger partial charge on any atom is 0.127 e. The fraction of sp³-hybridized carbons (Fsp3) is 0.688. The molecule has 0 bridgehead atoms. The van der Waals surface area contributed by atoms with Crippen LogP contribution in [0.3, 0.4) is 0 Å². The van der Waals surface area contributed by atoms with Gasteiger partial charge in [-0.1, -0.05) is 27.7 Å². The van der Waals surface area contributed by atoms with Gasteiger partial charge in [-0.2, -0.15) is 0 Å². The summed E-state index contributed by atoms with van der Waals surface area (Å²) >= 11 is 0. The molecule has 0 aromatic carbocycles. The van der Waals surface area contributed by atoms with Gasteiger partial charge in [0.25, 0.3) is 0 Å². The van der Waals surface area contributed by atoms with Gasteiger partial charge >= 0.3 is 0 Å². The molecule has 2 nitrogen and oxygen atoms in total. The van der Waals surface area contributed by atoms with E-state index in [4.69, 9.17) is 4.74 Å². The lowest BCUT2D eigenvalue weighted by Gasteiger charge is -2.56. The Morgan fingerprint density at radius 1 is 1.00 bits per heavy atom. The smallest absolute Gasteiger partial charge is 0.127 e. The van der Waals surface area contributed by atoms with Crippen molar-refractivity contribution >= 4 is 0 Å². The molecule has 1 aromatic heterocycles. The molecular weight excluding hydrogens is 222 g/mol. The van der Waals surface area contributed by atoms with E-state index in [0.717, 1.165) is 17.1 Å². The summed E-state index contributed by atoms with van der Waals surface area (Å²) in [7, 11) is 0. The molecular formula is C16H25NO. The number of rotatable bonds is 0. The highest BCUT2D eigenvalue weighted by atomic mass is 16.5. The lowest BCUT2D eigenvalue weighted by Crippen LogP contribution is -2.58. The number of hydrogen-bond acceptors (Lipinski definition) is 2. The fourth-order valence-electron chi connectivity index (χ4n) is 3.10. The Morgan fingerprint density at radius 3 is 2.11 bits per heavy atom. The van der Waals surface area contributed by atoms with Gasteiger partial charge in [-0.25, -0.2) is 0 Å². The van der Waals surface area contributed by atoms with E-state index in [0.29, 0.717) is 0 Å². The number of nitrogens with zero attached hydrogens (tertiary/aromatic N) is 1. The summed E-state index contributed by atoms with van der Waals surface area (Å²) in [5, 5.41) is 0. The Kier molecular flexibility index (Phi) is 2.60. The van der Waals surface area contributed by atoms with Crippen molar-refractivity contribution in [3.8, 4) is 5.75 Å². The van der Waals surface area contributed by atoms with Crippen LogP contribution < -0.4 is 4.74 Å². The van der Waals surface area contributed by atoms with E-state index >= 15 is 0 Å². The molecule has 0 atom stereocenters. The molecule has 0 saturated carbocycles. The molecule has 0 amide bonds. The second-order valence-corrected chi connectivity index (χ2v) is 7.08. The second kappa shape index (κ2) is 3.49. The van der Waals surface area contributed by atoms with Crippen LogP contribution in [0.2, 0.25) is 0 Å². The lowest BCUT2D eigenvalue weighted by molar-refractivity contribution is -0.0748. The van der Waals surface area contributed by atoms with Gasteiger partial charge in [0.05, 0.1) is 0 Å². The van der Waals surface area contributed by atoms with Gasteiger partial charge in [0.2, 0.25) is 0 Å². The molecule has 0 unspecified atom stereocenters. The second-order valence-electron chi connectivity index (χ2n) is 7.08. The van der Waals surface area contributed by atoms with Crippen LogP contribution in [0.1, 0.15) is 58.5 Å². The SMILES string of the molecule is Cc1cc2c(c(C)n1)C(C)(C)C(C)(C)C(C)(C)O2. The summed E-state index contributed by atoms with van der Waals surface area (Å²) in [6, 6.07) is 2.07. The number of ether oxygens (including phenoxy) is 1. The molecule has 0 saturated heterocycles. The average molecular weight is 247 g/mol. The van der Waals surface area contributed by atoms with Crippen molar-refractivity contribution in [2.45, 2.75) is 66.4 Å². The van der Waals surface area contributed by atoms with E-state index in [-0.39, 0.29) is 16.4 Å². The number of pyridine rings is 1. The molecule has 1 aromatic rings. The van der Waals surface area contributed by atoms with Crippen molar-refractivity contribution in [1.82, 2.24) is 4.98 Å². The van der Waals surface area contributed by atoms with Crippen LogP contribution in [0.15, 0.2) is 6.07 Å². The van der Waals surface area contributed by atoms with Crippen molar-refractivity contribution in [3.05, 3.63) is 23.0 Å². The van der Waals surface area contributed by atoms with E-state index in [2.05, 4.69) is 59.5 Å². The predicted octanol–water partition coefficient (Wildman–Crippen LogP) is 4.17. The summed E-state index contributed by atoms with van der Waals surface area (Å²) in [5.74, 6) is 1.01. The van der Waals surface area contributed by atoms with Crippen molar-refractivity contribution in [3.63, 3.8) is 0 Å². The Bertz CT molecular complexity index is 498. The van der Waals surface area contributed by atoms with Gasteiger partial charge in [-0.3, -0.25) is 4.98 Å². The van der Waals surface area contributed by atoms with Crippen LogP contribution in [0.4, 0.5) is 0 Å². The van der Waals surface area contributed by atoms with Gasteiger partial charge in [-0.05, 0) is 27.7 Å². The predicted molar refractivity (Wildman–Crippen MR) is 75.2 cm³/mol. The van der Waals surface area contributed by atoms with Gasteiger partial charge < -0.3 is 4.74 Å². The largest absolute Gasteiger partial charge is 0.487 e. The molecule has 0 aliphatic carbocycles. The van der Waals surface area contributed by atoms with E-state index in [1.807, 2.05) is 6.92 Å². The molecule has 0 spiro atoms. The van der Waals surface area contributed by atoms with Gasteiger partial charge in [0.15, 0.2) is 0 Å². The zero-order chi connectivity index (χ0) is 13.9. The summed E-state index contributed by atoms with van der Waals surface area (Å²) < 4.78 is 6.29. The Labute approximate surface area is 111 Å². The quantitative estimate of drug-likeness (QED) is 0.686.